The Balaban J connectivity index is 2.01. The van der Waals surface area contributed by atoms with Gasteiger partial charge in [-0.3, -0.25) is 14.7 Å². The van der Waals surface area contributed by atoms with E-state index in [4.69, 9.17) is 0 Å². The number of pyridine rings is 1. The van der Waals surface area contributed by atoms with Gasteiger partial charge in [-0.2, -0.15) is 5.10 Å². The first-order valence-corrected chi connectivity index (χ1v) is 7.08. The van der Waals surface area contributed by atoms with E-state index in [0.29, 0.717) is 5.82 Å². The molecule has 0 saturated carbocycles. The van der Waals surface area contributed by atoms with E-state index in [1.54, 1.807) is 18.3 Å². The molecule has 2 N–H and O–H groups in total. The van der Waals surface area contributed by atoms with Gasteiger partial charge in [-0.1, -0.05) is 13.3 Å². The fourth-order valence-electron chi connectivity index (χ4n) is 1.79. The Hall–Kier alpha value is -1.89. The molecule has 2 rings (SSSR count). The molecule has 20 heavy (non-hydrogen) atoms. The van der Waals surface area contributed by atoms with Crippen molar-refractivity contribution in [3.05, 3.63) is 44.9 Å². The summed E-state index contributed by atoms with van der Waals surface area (Å²) in [4.78, 5) is 23.5. The van der Waals surface area contributed by atoms with Gasteiger partial charge in [0.2, 0.25) is 5.91 Å². The molecule has 2 heterocycles. The number of anilines is 1. The molecular weight excluding hydrogens is 324 g/mol. The molecule has 0 bridgehead atoms. The summed E-state index contributed by atoms with van der Waals surface area (Å²) >= 11 is 3.26. The highest BCUT2D eigenvalue weighted by Crippen LogP contribution is 2.08. The predicted molar refractivity (Wildman–Crippen MR) is 79.6 cm³/mol. The number of aromatic amines is 1. The molecule has 0 aliphatic carbocycles. The lowest BCUT2D eigenvalue weighted by Gasteiger charge is -2.05. The van der Waals surface area contributed by atoms with Crippen molar-refractivity contribution in [3.63, 3.8) is 0 Å². The van der Waals surface area contributed by atoms with Crippen LogP contribution in [0.5, 0.6) is 0 Å². The van der Waals surface area contributed by atoms with E-state index in [0.717, 1.165) is 23.0 Å². The molecule has 0 aromatic carbocycles. The number of H-pyrrole nitrogens is 1. The van der Waals surface area contributed by atoms with E-state index in [2.05, 4.69) is 38.4 Å². The third-order valence-corrected chi connectivity index (χ3v) is 3.15. The quantitative estimate of drug-likeness (QED) is 0.874. The van der Waals surface area contributed by atoms with Crippen molar-refractivity contribution in [2.75, 3.05) is 5.32 Å². The van der Waals surface area contributed by atoms with Crippen LogP contribution in [0.2, 0.25) is 0 Å². The van der Waals surface area contributed by atoms with Crippen LogP contribution in [0.3, 0.4) is 0 Å². The molecule has 0 aliphatic heterocycles. The van der Waals surface area contributed by atoms with Crippen molar-refractivity contribution in [1.29, 1.82) is 0 Å². The van der Waals surface area contributed by atoms with Gasteiger partial charge < -0.3 is 9.88 Å². The average Bonchev–Trinajstić information content (AvgIpc) is 2.81. The average molecular weight is 339 g/mol. The zero-order chi connectivity index (χ0) is 14.5. The van der Waals surface area contributed by atoms with Crippen molar-refractivity contribution in [3.8, 4) is 0 Å². The molecule has 0 fully saturated rings. The number of rotatable bonds is 5. The SMILES string of the molecule is CCCc1cc(NC(=O)Cn2cc(Br)ccc2=O)n[nH]1. The van der Waals surface area contributed by atoms with Crippen LogP contribution in [-0.2, 0) is 17.8 Å². The zero-order valence-corrected chi connectivity index (χ0v) is 12.6. The van der Waals surface area contributed by atoms with Gasteiger partial charge in [-0.15, -0.1) is 0 Å². The summed E-state index contributed by atoms with van der Waals surface area (Å²) in [6.45, 7) is 2.02. The monoisotopic (exact) mass is 338 g/mol. The number of nitrogens with zero attached hydrogens (tertiary/aromatic N) is 2. The first-order valence-electron chi connectivity index (χ1n) is 6.28. The molecule has 6 nitrogen and oxygen atoms in total. The van der Waals surface area contributed by atoms with Crippen LogP contribution in [0.25, 0.3) is 0 Å². The van der Waals surface area contributed by atoms with E-state index in [1.807, 2.05) is 0 Å². The van der Waals surface area contributed by atoms with Crippen molar-refractivity contribution >= 4 is 27.7 Å². The van der Waals surface area contributed by atoms with Crippen molar-refractivity contribution in [2.45, 2.75) is 26.3 Å². The third-order valence-electron chi connectivity index (χ3n) is 2.68. The van der Waals surface area contributed by atoms with Gasteiger partial charge in [0.15, 0.2) is 5.82 Å². The maximum absolute atomic E-state index is 11.9. The minimum Gasteiger partial charge on any atom is -0.308 e. The van der Waals surface area contributed by atoms with Crippen LogP contribution in [0, 0.1) is 0 Å². The fourth-order valence-corrected chi connectivity index (χ4v) is 2.17. The maximum atomic E-state index is 11.9. The van der Waals surface area contributed by atoms with Crippen LogP contribution in [0.1, 0.15) is 19.0 Å². The number of carbonyl (C=O) groups is 1. The Morgan fingerprint density at radius 3 is 3.05 bits per heavy atom. The number of halogens is 1. The van der Waals surface area contributed by atoms with Crippen molar-refractivity contribution < 1.29 is 4.79 Å². The summed E-state index contributed by atoms with van der Waals surface area (Å²) in [5.41, 5.74) is 0.750. The molecule has 106 valence electrons. The number of aromatic nitrogens is 3. The summed E-state index contributed by atoms with van der Waals surface area (Å²) in [6.07, 6.45) is 3.46. The normalized spacial score (nSPS) is 10.5. The Morgan fingerprint density at radius 1 is 1.50 bits per heavy atom. The molecular formula is C13H15BrN4O2. The lowest BCUT2D eigenvalue weighted by atomic mass is 10.2. The van der Waals surface area contributed by atoms with Gasteiger partial charge in [-0.25, -0.2) is 0 Å². The highest BCUT2D eigenvalue weighted by molar-refractivity contribution is 9.10. The predicted octanol–water partition coefficient (Wildman–Crippen LogP) is 1.93. The zero-order valence-electron chi connectivity index (χ0n) is 11.0. The van der Waals surface area contributed by atoms with Crippen LogP contribution in [-0.4, -0.2) is 20.7 Å². The molecule has 1 amide bonds. The van der Waals surface area contributed by atoms with Crippen LogP contribution >= 0.6 is 15.9 Å². The Kier molecular flexibility index (Phi) is 4.73. The van der Waals surface area contributed by atoms with Crippen molar-refractivity contribution in [1.82, 2.24) is 14.8 Å². The number of aryl methyl sites for hydroxylation is 1. The summed E-state index contributed by atoms with van der Waals surface area (Å²) in [7, 11) is 0. The number of carbonyl (C=O) groups excluding carboxylic acids is 1. The van der Waals surface area contributed by atoms with E-state index < -0.39 is 0 Å². The van der Waals surface area contributed by atoms with Gasteiger partial charge in [0.05, 0.1) is 0 Å². The third kappa shape index (κ3) is 3.80. The number of hydrogen-bond acceptors (Lipinski definition) is 3. The molecule has 2 aromatic rings. The highest BCUT2D eigenvalue weighted by Gasteiger charge is 2.08. The maximum Gasteiger partial charge on any atom is 0.251 e. The highest BCUT2D eigenvalue weighted by atomic mass is 79.9. The molecule has 0 unspecified atom stereocenters. The topological polar surface area (TPSA) is 79.8 Å². The van der Waals surface area contributed by atoms with Gasteiger partial charge in [0.25, 0.3) is 5.56 Å². The minimum absolute atomic E-state index is 0.0474. The lowest BCUT2D eigenvalue weighted by molar-refractivity contribution is -0.116. The lowest BCUT2D eigenvalue weighted by Crippen LogP contribution is -2.26. The molecule has 0 saturated heterocycles. The van der Waals surface area contributed by atoms with Crippen LogP contribution in [0.4, 0.5) is 5.82 Å². The number of nitrogens with one attached hydrogen (secondary N) is 2. The Morgan fingerprint density at radius 2 is 2.30 bits per heavy atom. The van der Waals surface area contributed by atoms with Gasteiger partial charge >= 0.3 is 0 Å². The standard InChI is InChI=1S/C13H15BrN4O2/c1-2-3-10-6-11(17-16-10)15-12(19)8-18-7-9(14)4-5-13(18)20/h4-7H,2-3,8H2,1H3,(H2,15,16,17,19). The van der Waals surface area contributed by atoms with Gasteiger partial charge in [0.1, 0.15) is 6.54 Å². The Labute approximate surface area is 124 Å². The number of amides is 1. The summed E-state index contributed by atoms with van der Waals surface area (Å²) in [5, 5.41) is 9.52. The summed E-state index contributed by atoms with van der Waals surface area (Å²) in [6, 6.07) is 4.85. The van der Waals surface area contributed by atoms with E-state index in [9.17, 15) is 9.59 Å². The minimum atomic E-state index is -0.292. The van der Waals surface area contributed by atoms with Crippen LogP contribution in [0.15, 0.2) is 33.7 Å². The summed E-state index contributed by atoms with van der Waals surface area (Å²) in [5.74, 6) is 0.182. The van der Waals surface area contributed by atoms with E-state index >= 15 is 0 Å². The second-order valence-corrected chi connectivity index (χ2v) is 5.31. The largest absolute Gasteiger partial charge is 0.308 e. The van der Waals surface area contributed by atoms with E-state index in [-0.39, 0.29) is 18.0 Å². The van der Waals surface area contributed by atoms with Crippen LogP contribution < -0.4 is 10.9 Å². The Bertz CT molecular complexity index is 662. The van der Waals surface area contributed by atoms with E-state index in [1.165, 1.54) is 10.6 Å². The molecule has 0 aliphatic rings. The second kappa shape index (κ2) is 6.51. The molecule has 0 spiro atoms. The fraction of sp³-hybridized carbons (Fsp3) is 0.308. The van der Waals surface area contributed by atoms with Crippen molar-refractivity contribution in [2.24, 2.45) is 0 Å². The first kappa shape index (κ1) is 14.5. The van der Waals surface area contributed by atoms with Gasteiger partial charge in [0, 0.05) is 28.5 Å². The molecule has 0 radical (unpaired) electrons. The number of hydrogen-bond donors (Lipinski definition) is 2. The molecule has 0 atom stereocenters. The molecule has 2 aromatic heterocycles. The smallest absolute Gasteiger partial charge is 0.251 e. The molecule has 7 heteroatoms. The van der Waals surface area contributed by atoms with Gasteiger partial charge in [-0.05, 0) is 28.4 Å². The first-order chi connectivity index (χ1) is 9.58. The summed E-state index contributed by atoms with van der Waals surface area (Å²) < 4.78 is 2.08. The second-order valence-electron chi connectivity index (χ2n) is 4.39.